The fourth-order valence-electron chi connectivity index (χ4n) is 3.64. The van der Waals surface area contributed by atoms with Crippen LogP contribution in [-0.2, 0) is 4.79 Å². The van der Waals surface area contributed by atoms with Crippen LogP contribution in [0.3, 0.4) is 0 Å². The first kappa shape index (κ1) is 20.6. The minimum atomic E-state index is 0.103. The molecule has 2 N–H and O–H groups in total. The van der Waals surface area contributed by atoms with E-state index in [1.807, 2.05) is 49.9 Å². The summed E-state index contributed by atoms with van der Waals surface area (Å²) < 4.78 is 7.35. The molecule has 0 radical (unpaired) electrons. The molecule has 0 aliphatic carbocycles. The van der Waals surface area contributed by atoms with Crippen molar-refractivity contribution < 1.29 is 9.53 Å². The summed E-state index contributed by atoms with van der Waals surface area (Å²) in [7, 11) is 3.41. The molecule has 4 rings (SSSR count). The third-order valence-electron chi connectivity index (χ3n) is 5.29. The Morgan fingerprint density at radius 3 is 2.90 bits per heavy atom. The van der Waals surface area contributed by atoms with E-state index in [4.69, 9.17) is 4.74 Å². The van der Waals surface area contributed by atoms with Crippen LogP contribution in [0.25, 0.3) is 16.6 Å². The number of hydrogen-bond donors (Lipinski definition) is 2. The van der Waals surface area contributed by atoms with Gasteiger partial charge >= 0.3 is 0 Å². The largest absolute Gasteiger partial charge is 0.479 e. The molecule has 1 amide bonds. The third-order valence-corrected chi connectivity index (χ3v) is 5.29. The van der Waals surface area contributed by atoms with Crippen molar-refractivity contribution >= 4 is 23.2 Å². The number of pyridine rings is 1. The van der Waals surface area contributed by atoms with Crippen LogP contribution >= 0.6 is 0 Å². The maximum absolute atomic E-state index is 11.7. The Morgan fingerprint density at radius 1 is 1.32 bits per heavy atom. The molecule has 9 nitrogen and oxygen atoms in total. The lowest BCUT2D eigenvalue weighted by Crippen LogP contribution is -2.43. The Kier molecular flexibility index (Phi) is 6.01. The highest BCUT2D eigenvalue weighted by molar-refractivity contribution is 5.84. The maximum Gasteiger partial charge on any atom is 0.244 e. The van der Waals surface area contributed by atoms with Gasteiger partial charge in [0, 0.05) is 49.6 Å². The van der Waals surface area contributed by atoms with E-state index in [-0.39, 0.29) is 11.9 Å². The monoisotopic (exact) mass is 421 g/mol. The summed E-state index contributed by atoms with van der Waals surface area (Å²) in [5.74, 6) is 1.89. The number of piperidine rings is 1. The topological polar surface area (TPSA) is 96.7 Å². The number of anilines is 2. The zero-order chi connectivity index (χ0) is 21.8. The van der Waals surface area contributed by atoms with Crippen LogP contribution in [0, 0.1) is 0 Å². The second kappa shape index (κ2) is 9.03. The quantitative estimate of drug-likeness (QED) is 0.605. The Balaban J connectivity index is 1.59. The molecule has 0 aromatic carbocycles. The molecule has 0 bridgehead atoms. The predicted molar refractivity (Wildman–Crippen MR) is 120 cm³/mol. The fraction of sp³-hybridized carbons (Fsp3) is 0.364. The molecule has 1 saturated heterocycles. The van der Waals surface area contributed by atoms with E-state index in [1.165, 1.54) is 0 Å². The molecular formula is C22H27N7O2. The zero-order valence-corrected chi connectivity index (χ0v) is 18.0. The first-order chi connectivity index (χ1) is 15.1. The molecule has 3 aromatic rings. The van der Waals surface area contributed by atoms with E-state index in [1.54, 1.807) is 16.5 Å². The predicted octanol–water partition coefficient (Wildman–Crippen LogP) is 3.17. The van der Waals surface area contributed by atoms with Crippen molar-refractivity contribution in [1.29, 1.82) is 0 Å². The van der Waals surface area contributed by atoms with Crippen molar-refractivity contribution in [1.82, 2.24) is 24.5 Å². The third kappa shape index (κ3) is 4.45. The molecule has 1 atom stereocenters. The lowest BCUT2D eigenvalue weighted by atomic mass is 10.1. The molecule has 0 saturated carbocycles. The normalized spacial score (nSPS) is 16.8. The lowest BCUT2D eigenvalue weighted by Gasteiger charge is -2.30. The van der Waals surface area contributed by atoms with E-state index < -0.39 is 0 Å². The number of likely N-dealkylation sites (tertiary alicyclic amines) is 1. The van der Waals surface area contributed by atoms with E-state index >= 15 is 0 Å². The van der Waals surface area contributed by atoms with E-state index in [2.05, 4.69) is 32.6 Å². The van der Waals surface area contributed by atoms with Gasteiger partial charge in [-0.15, -0.1) is 5.10 Å². The highest BCUT2D eigenvalue weighted by atomic mass is 16.5. The number of hydrogen-bond acceptors (Lipinski definition) is 7. The first-order valence-corrected chi connectivity index (χ1v) is 10.4. The zero-order valence-electron chi connectivity index (χ0n) is 18.0. The molecular weight excluding hydrogens is 394 g/mol. The maximum atomic E-state index is 11.7. The molecule has 31 heavy (non-hydrogen) atoms. The second-order valence-corrected chi connectivity index (χ2v) is 7.51. The minimum Gasteiger partial charge on any atom is -0.479 e. The van der Waals surface area contributed by atoms with Crippen LogP contribution < -0.4 is 15.4 Å². The summed E-state index contributed by atoms with van der Waals surface area (Å²) >= 11 is 0. The number of aromatic nitrogens is 4. The molecule has 9 heteroatoms. The van der Waals surface area contributed by atoms with Crippen LogP contribution in [0.1, 0.15) is 26.2 Å². The Hall–Kier alpha value is -3.62. The molecule has 1 aliphatic heterocycles. The van der Waals surface area contributed by atoms with Crippen LogP contribution in [0.15, 0.2) is 42.9 Å². The molecule has 162 valence electrons. The summed E-state index contributed by atoms with van der Waals surface area (Å²) in [6.45, 7) is 2.71. The molecule has 0 spiro atoms. The van der Waals surface area contributed by atoms with Crippen LogP contribution in [0.5, 0.6) is 5.88 Å². The number of carbonyl (C=O) groups is 1. The van der Waals surface area contributed by atoms with Gasteiger partial charge in [-0.05, 0) is 37.2 Å². The van der Waals surface area contributed by atoms with Crippen LogP contribution in [0.2, 0.25) is 0 Å². The molecule has 1 aliphatic rings. The number of methoxy groups -OCH3 is 1. The SMILES string of the molecule is CC/C=C\Nc1ccc(-c2ccn3nc(N[C@H]4CCC(=O)N(C)C4)nc(OC)c23)cn1. The number of allylic oxidation sites excluding steroid dienone is 1. The van der Waals surface area contributed by atoms with Gasteiger partial charge in [0.05, 0.1) is 7.11 Å². The minimum absolute atomic E-state index is 0.103. The van der Waals surface area contributed by atoms with E-state index in [0.29, 0.717) is 24.8 Å². The van der Waals surface area contributed by atoms with Gasteiger partial charge in [0.2, 0.25) is 17.7 Å². The van der Waals surface area contributed by atoms with E-state index in [9.17, 15) is 4.79 Å². The lowest BCUT2D eigenvalue weighted by molar-refractivity contribution is -0.132. The summed E-state index contributed by atoms with van der Waals surface area (Å²) in [5.41, 5.74) is 2.66. The van der Waals surface area contributed by atoms with Gasteiger partial charge in [-0.25, -0.2) is 9.50 Å². The Morgan fingerprint density at radius 2 is 2.19 bits per heavy atom. The Labute approximate surface area is 181 Å². The highest BCUT2D eigenvalue weighted by Crippen LogP contribution is 2.31. The smallest absolute Gasteiger partial charge is 0.244 e. The Bertz CT molecular complexity index is 1090. The van der Waals surface area contributed by atoms with Crippen molar-refractivity contribution in [2.45, 2.75) is 32.2 Å². The van der Waals surface area contributed by atoms with Gasteiger partial charge < -0.3 is 20.3 Å². The van der Waals surface area contributed by atoms with Gasteiger partial charge in [-0.3, -0.25) is 4.79 Å². The van der Waals surface area contributed by atoms with Gasteiger partial charge in [-0.2, -0.15) is 4.98 Å². The summed E-state index contributed by atoms with van der Waals surface area (Å²) in [6.07, 6.45) is 9.87. The van der Waals surface area contributed by atoms with Crippen molar-refractivity contribution in [3.63, 3.8) is 0 Å². The van der Waals surface area contributed by atoms with Gasteiger partial charge in [-0.1, -0.05) is 13.0 Å². The number of ether oxygens (including phenoxy) is 1. The highest BCUT2D eigenvalue weighted by Gasteiger charge is 2.24. The number of carbonyl (C=O) groups excluding carboxylic acids is 1. The number of likely N-dealkylation sites (N-methyl/N-ethyl adjacent to an activating group) is 1. The van der Waals surface area contributed by atoms with Crippen LogP contribution in [0.4, 0.5) is 11.8 Å². The van der Waals surface area contributed by atoms with Gasteiger partial charge in [0.1, 0.15) is 11.3 Å². The first-order valence-electron chi connectivity index (χ1n) is 10.4. The molecule has 4 heterocycles. The number of nitrogens with zero attached hydrogens (tertiary/aromatic N) is 5. The molecule has 1 fully saturated rings. The second-order valence-electron chi connectivity index (χ2n) is 7.51. The van der Waals surface area contributed by atoms with E-state index in [0.717, 1.165) is 35.3 Å². The average Bonchev–Trinajstić information content (AvgIpc) is 3.20. The number of amides is 1. The van der Waals surface area contributed by atoms with Crippen molar-refractivity contribution in [3.05, 3.63) is 42.9 Å². The summed E-state index contributed by atoms with van der Waals surface area (Å²) in [6, 6.07) is 6.02. The number of fused-ring (bicyclic) bond motifs is 1. The van der Waals surface area contributed by atoms with Crippen LogP contribution in [-0.4, -0.2) is 57.1 Å². The average molecular weight is 422 g/mol. The summed E-state index contributed by atoms with van der Waals surface area (Å²) in [4.78, 5) is 22.5. The van der Waals surface area contributed by atoms with Crippen molar-refractivity contribution in [3.8, 4) is 17.0 Å². The van der Waals surface area contributed by atoms with Crippen molar-refractivity contribution in [2.75, 3.05) is 31.3 Å². The summed E-state index contributed by atoms with van der Waals surface area (Å²) in [5, 5.41) is 11.1. The fourth-order valence-corrected chi connectivity index (χ4v) is 3.64. The number of nitrogens with one attached hydrogen (secondary N) is 2. The standard InChI is InChI=1S/C22H27N7O2/c1-4-5-11-23-18-8-6-15(13-24-18)17-10-12-29-20(17)21(31-3)26-22(27-29)25-16-7-9-19(30)28(2)14-16/h5-6,8,10-13,16H,4,7,9,14H2,1-3H3,(H,23,24)(H,25,27)/b11-5-/t16-/m0/s1. The molecule has 0 unspecified atom stereocenters. The molecule has 3 aromatic heterocycles. The van der Waals surface area contributed by atoms with Gasteiger partial charge in [0.25, 0.3) is 0 Å². The number of rotatable bonds is 7. The van der Waals surface area contributed by atoms with Gasteiger partial charge in [0.15, 0.2) is 0 Å². The van der Waals surface area contributed by atoms with Crippen molar-refractivity contribution in [2.24, 2.45) is 0 Å².